The maximum absolute atomic E-state index is 6.24. The predicted molar refractivity (Wildman–Crippen MR) is 120 cm³/mol. The highest BCUT2D eigenvalue weighted by Crippen LogP contribution is 2.37. The molecule has 0 bridgehead atoms. The van der Waals surface area contributed by atoms with Crippen LogP contribution in [0.1, 0.15) is 11.1 Å². The molecule has 2 aromatic rings. The summed E-state index contributed by atoms with van der Waals surface area (Å²) in [6.07, 6.45) is 0. The summed E-state index contributed by atoms with van der Waals surface area (Å²) in [7, 11) is 1.64. The minimum Gasteiger partial charge on any atom is -0.493 e. The first kappa shape index (κ1) is 22.7. The van der Waals surface area contributed by atoms with Gasteiger partial charge in [-0.3, -0.25) is 4.90 Å². The van der Waals surface area contributed by atoms with Crippen molar-refractivity contribution in [1.82, 2.24) is 10.2 Å². The SMILES string of the molecule is COc1cc(CNCCN2CCOCC2)cc(Br)c1OCc1ccc(Cl)cc1Cl. The van der Waals surface area contributed by atoms with Gasteiger partial charge in [-0.15, -0.1) is 0 Å². The number of halogens is 3. The Morgan fingerprint density at radius 1 is 1.17 bits per heavy atom. The quantitative estimate of drug-likeness (QED) is 0.499. The van der Waals surface area contributed by atoms with Crippen molar-refractivity contribution in [1.29, 1.82) is 0 Å². The zero-order valence-corrected chi connectivity index (χ0v) is 19.4. The fraction of sp³-hybridized carbons (Fsp3) is 0.429. The Labute approximate surface area is 190 Å². The molecule has 1 N–H and O–H groups in total. The molecule has 0 radical (unpaired) electrons. The third-order valence-electron chi connectivity index (χ3n) is 4.71. The highest BCUT2D eigenvalue weighted by atomic mass is 79.9. The number of hydrogen-bond acceptors (Lipinski definition) is 5. The van der Waals surface area contributed by atoms with Crippen LogP contribution in [-0.4, -0.2) is 51.4 Å². The van der Waals surface area contributed by atoms with Gasteiger partial charge in [0.05, 0.1) is 24.8 Å². The van der Waals surface area contributed by atoms with E-state index in [1.54, 1.807) is 19.2 Å². The smallest absolute Gasteiger partial charge is 0.175 e. The van der Waals surface area contributed by atoms with Gasteiger partial charge in [-0.2, -0.15) is 0 Å². The Morgan fingerprint density at radius 3 is 2.69 bits per heavy atom. The second-order valence-corrected chi connectivity index (χ2v) is 8.46. The molecule has 1 heterocycles. The molecular weight excluding hydrogens is 479 g/mol. The zero-order chi connectivity index (χ0) is 20.6. The Balaban J connectivity index is 1.56. The molecule has 1 aliphatic rings. The molecule has 29 heavy (non-hydrogen) atoms. The summed E-state index contributed by atoms with van der Waals surface area (Å²) in [5, 5.41) is 4.67. The van der Waals surface area contributed by atoms with Gasteiger partial charge >= 0.3 is 0 Å². The van der Waals surface area contributed by atoms with Gasteiger partial charge in [-0.05, 0) is 45.8 Å². The second kappa shape index (κ2) is 11.4. The number of morpholine rings is 1. The first-order chi connectivity index (χ1) is 14.1. The third-order valence-corrected chi connectivity index (χ3v) is 5.89. The fourth-order valence-corrected chi connectivity index (χ4v) is 4.17. The molecule has 1 saturated heterocycles. The summed E-state index contributed by atoms with van der Waals surface area (Å²) < 4.78 is 17.8. The van der Waals surface area contributed by atoms with Crippen molar-refractivity contribution in [2.75, 3.05) is 46.5 Å². The normalized spacial score (nSPS) is 14.8. The number of rotatable bonds is 9. The van der Waals surface area contributed by atoms with Gasteiger partial charge in [0.15, 0.2) is 11.5 Å². The topological polar surface area (TPSA) is 43.0 Å². The van der Waals surface area contributed by atoms with E-state index in [9.17, 15) is 0 Å². The lowest BCUT2D eigenvalue weighted by Gasteiger charge is -2.26. The molecule has 0 saturated carbocycles. The van der Waals surface area contributed by atoms with Crippen LogP contribution in [-0.2, 0) is 17.9 Å². The molecule has 0 aromatic heterocycles. The summed E-state index contributed by atoms with van der Waals surface area (Å²) in [5.41, 5.74) is 1.98. The van der Waals surface area contributed by atoms with Crippen molar-refractivity contribution < 1.29 is 14.2 Å². The van der Waals surface area contributed by atoms with Crippen molar-refractivity contribution in [2.24, 2.45) is 0 Å². The Hall–Kier alpha value is -1.02. The van der Waals surface area contributed by atoms with Crippen molar-refractivity contribution >= 4 is 39.1 Å². The van der Waals surface area contributed by atoms with E-state index < -0.39 is 0 Å². The molecule has 5 nitrogen and oxygen atoms in total. The number of nitrogens with one attached hydrogen (secondary N) is 1. The molecule has 1 aliphatic heterocycles. The molecule has 1 fully saturated rings. The van der Waals surface area contributed by atoms with Crippen molar-refractivity contribution in [3.63, 3.8) is 0 Å². The molecule has 2 aromatic carbocycles. The Morgan fingerprint density at radius 2 is 1.97 bits per heavy atom. The monoisotopic (exact) mass is 502 g/mol. The lowest BCUT2D eigenvalue weighted by molar-refractivity contribution is 0.0384. The standard InChI is InChI=1S/C21H25BrCl2N2O3/c1-27-20-11-15(13-25-4-5-26-6-8-28-9-7-26)10-18(22)21(20)29-14-16-2-3-17(23)12-19(16)24/h2-3,10-12,25H,4-9,13-14H2,1H3. The van der Waals surface area contributed by atoms with Gasteiger partial charge in [-0.1, -0.05) is 29.3 Å². The Kier molecular flexibility index (Phi) is 8.90. The van der Waals surface area contributed by atoms with Crippen molar-refractivity contribution in [3.05, 3.63) is 56.0 Å². The van der Waals surface area contributed by atoms with Gasteiger partial charge < -0.3 is 19.5 Å². The van der Waals surface area contributed by atoms with Crippen molar-refractivity contribution in [3.8, 4) is 11.5 Å². The molecule has 0 amide bonds. The number of ether oxygens (including phenoxy) is 3. The highest BCUT2D eigenvalue weighted by Gasteiger charge is 2.14. The van der Waals surface area contributed by atoms with E-state index >= 15 is 0 Å². The summed E-state index contributed by atoms with van der Waals surface area (Å²) in [6.45, 7) is 6.68. The van der Waals surface area contributed by atoms with Gasteiger partial charge in [0, 0.05) is 48.3 Å². The molecule has 0 spiro atoms. The van der Waals surface area contributed by atoms with Crippen LogP contribution >= 0.6 is 39.1 Å². The van der Waals surface area contributed by atoms with E-state index in [-0.39, 0.29) is 0 Å². The van der Waals surface area contributed by atoms with E-state index in [2.05, 4.69) is 26.1 Å². The number of hydrogen-bond donors (Lipinski definition) is 1. The Bertz CT molecular complexity index is 817. The molecule has 0 atom stereocenters. The average molecular weight is 504 g/mol. The van der Waals surface area contributed by atoms with Crippen LogP contribution in [0.5, 0.6) is 11.5 Å². The summed E-state index contributed by atoms with van der Waals surface area (Å²) in [6, 6.07) is 9.40. The molecule has 0 unspecified atom stereocenters. The van der Waals surface area contributed by atoms with Crippen LogP contribution in [0.4, 0.5) is 0 Å². The molecule has 3 rings (SSSR count). The van der Waals surface area contributed by atoms with Crippen LogP contribution in [0.25, 0.3) is 0 Å². The molecule has 158 valence electrons. The average Bonchev–Trinajstić information content (AvgIpc) is 2.72. The first-order valence-electron chi connectivity index (χ1n) is 9.51. The largest absolute Gasteiger partial charge is 0.493 e. The highest BCUT2D eigenvalue weighted by molar-refractivity contribution is 9.10. The van der Waals surface area contributed by atoms with Gasteiger partial charge in [0.1, 0.15) is 6.61 Å². The van der Waals surface area contributed by atoms with Gasteiger partial charge in [0.2, 0.25) is 0 Å². The van der Waals surface area contributed by atoms with E-state index in [0.717, 1.165) is 61.5 Å². The number of nitrogens with zero attached hydrogens (tertiary/aromatic N) is 1. The summed E-state index contributed by atoms with van der Waals surface area (Å²) in [4.78, 5) is 2.41. The minimum absolute atomic E-state index is 0.322. The third kappa shape index (κ3) is 6.74. The van der Waals surface area contributed by atoms with Crippen molar-refractivity contribution in [2.45, 2.75) is 13.2 Å². The van der Waals surface area contributed by atoms with E-state index in [0.29, 0.717) is 28.2 Å². The first-order valence-corrected chi connectivity index (χ1v) is 11.1. The lowest BCUT2D eigenvalue weighted by atomic mass is 10.2. The molecule has 8 heteroatoms. The minimum atomic E-state index is 0.322. The van der Waals surface area contributed by atoms with Crippen LogP contribution in [0.2, 0.25) is 10.0 Å². The van der Waals surface area contributed by atoms with E-state index in [1.807, 2.05) is 18.2 Å². The summed E-state index contributed by atoms with van der Waals surface area (Å²) >= 11 is 15.8. The zero-order valence-electron chi connectivity index (χ0n) is 16.3. The molecular formula is C21H25BrCl2N2O3. The van der Waals surface area contributed by atoms with Gasteiger partial charge in [0.25, 0.3) is 0 Å². The van der Waals surface area contributed by atoms with E-state index in [4.69, 9.17) is 37.4 Å². The maximum Gasteiger partial charge on any atom is 0.175 e. The fourth-order valence-electron chi connectivity index (χ4n) is 3.10. The number of benzene rings is 2. The summed E-state index contributed by atoms with van der Waals surface area (Å²) in [5.74, 6) is 1.32. The van der Waals surface area contributed by atoms with Crippen LogP contribution < -0.4 is 14.8 Å². The van der Waals surface area contributed by atoms with Crippen LogP contribution in [0.15, 0.2) is 34.8 Å². The van der Waals surface area contributed by atoms with Crippen LogP contribution in [0.3, 0.4) is 0 Å². The van der Waals surface area contributed by atoms with Crippen LogP contribution in [0, 0.1) is 0 Å². The van der Waals surface area contributed by atoms with E-state index in [1.165, 1.54) is 0 Å². The second-order valence-electron chi connectivity index (χ2n) is 6.76. The lowest BCUT2D eigenvalue weighted by Crippen LogP contribution is -2.40. The number of methoxy groups -OCH3 is 1. The predicted octanol–water partition coefficient (Wildman–Crippen LogP) is 4.77. The van der Waals surface area contributed by atoms with Gasteiger partial charge in [-0.25, -0.2) is 0 Å². The molecule has 0 aliphatic carbocycles. The maximum atomic E-state index is 6.24.